The first-order valence-electron chi connectivity index (χ1n) is 9.39. The van der Waals surface area contributed by atoms with Crippen LogP contribution in [0.3, 0.4) is 0 Å². The Kier molecular flexibility index (Phi) is 5.75. The summed E-state index contributed by atoms with van der Waals surface area (Å²) in [5.41, 5.74) is 0. The molecule has 1 fully saturated rings. The maximum absolute atomic E-state index is 12.8. The van der Waals surface area contributed by atoms with Crippen molar-refractivity contribution >= 4 is 21.7 Å². The molecule has 1 aromatic heterocycles. The van der Waals surface area contributed by atoms with Crippen LogP contribution in [0.15, 0.2) is 29.4 Å². The van der Waals surface area contributed by atoms with Gasteiger partial charge in [-0.15, -0.1) is 0 Å². The zero-order valence-corrected chi connectivity index (χ0v) is 15.5. The molecular weight excluding hydrogens is 358 g/mol. The number of rotatable bonds is 6. The molecule has 0 spiro atoms. The molecule has 2 heterocycles. The van der Waals surface area contributed by atoms with Crippen molar-refractivity contribution < 1.29 is 25.5 Å². The molecule has 1 aliphatic heterocycles. The molecule has 1 radical (unpaired) electrons. The summed E-state index contributed by atoms with van der Waals surface area (Å²) < 4.78 is 42.8. The fourth-order valence-electron chi connectivity index (χ4n) is 2.40. The Bertz CT molecular complexity index is 849. The topological polar surface area (TPSA) is 110 Å². The van der Waals surface area contributed by atoms with Gasteiger partial charge in [0.15, 0.2) is 12.0 Å². The van der Waals surface area contributed by atoms with Crippen LogP contribution in [0.25, 0.3) is 0 Å². The predicted molar refractivity (Wildman–Crippen MR) is 94.1 cm³/mol. The highest BCUT2D eigenvalue weighted by molar-refractivity contribution is 7.89. The first kappa shape index (κ1) is 17.4. The molecule has 1 aromatic rings. The van der Waals surface area contributed by atoms with E-state index >= 15 is 0 Å². The van der Waals surface area contributed by atoms with Crippen LogP contribution in [0.1, 0.15) is 35.9 Å². The molecule has 9 heteroatoms. The Morgan fingerprint density at radius 1 is 1.58 bits per heavy atom. The summed E-state index contributed by atoms with van der Waals surface area (Å²) in [5, 5.41) is 13.6. The average Bonchev–Trinajstić information content (AvgIpc) is 2.72. The molecule has 2 atom stereocenters. The van der Waals surface area contributed by atoms with Gasteiger partial charge in [0, 0.05) is 25.1 Å². The van der Waals surface area contributed by atoms with Crippen molar-refractivity contribution in [1.82, 2.24) is 9.62 Å². The Morgan fingerprint density at radius 2 is 2.31 bits per heavy atom. The van der Waals surface area contributed by atoms with Crippen molar-refractivity contribution in [3.63, 3.8) is 0 Å². The van der Waals surface area contributed by atoms with Crippen molar-refractivity contribution in [2.45, 2.75) is 44.2 Å². The molecule has 1 saturated heterocycles. The Labute approximate surface area is 156 Å². The predicted octanol–water partition coefficient (Wildman–Crippen LogP) is 0.409. The highest BCUT2D eigenvalue weighted by atomic mass is 32.2. The van der Waals surface area contributed by atoms with Crippen molar-refractivity contribution in [3.05, 3.63) is 36.0 Å². The zero-order chi connectivity index (χ0) is 21.1. The van der Waals surface area contributed by atoms with Gasteiger partial charge in [-0.3, -0.25) is 9.59 Å². The molecule has 1 aliphatic rings. The summed E-state index contributed by atoms with van der Waals surface area (Å²) in [6.07, 6.45) is 2.72. The molecular formula is C17H24N3O5S. The Balaban J connectivity index is 2.25. The second-order valence-corrected chi connectivity index (χ2v) is 8.22. The van der Waals surface area contributed by atoms with Gasteiger partial charge in [0.2, 0.25) is 5.91 Å². The van der Waals surface area contributed by atoms with Crippen LogP contribution in [-0.4, -0.2) is 43.5 Å². The SMILES string of the molecule is [2H]C1C(=O)[C@@]([2H])(NC(=O)[CH]CC(C)C)CCCN1S(=O)(=O)c1cccc[n+]1[O-]. The Hall–Kier alpha value is -2.00. The van der Waals surface area contributed by atoms with Crippen molar-refractivity contribution in [3.8, 4) is 0 Å². The van der Waals surface area contributed by atoms with Gasteiger partial charge in [0.05, 0.1) is 15.3 Å². The molecule has 1 unspecified atom stereocenters. The number of carbonyl (C=O) groups excluding carboxylic acids is 2. The Morgan fingerprint density at radius 3 is 2.96 bits per heavy atom. The van der Waals surface area contributed by atoms with Crippen molar-refractivity contribution in [1.29, 1.82) is 0 Å². The van der Waals surface area contributed by atoms with E-state index in [2.05, 4.69) is 5.32 Å². The fourth-order valence-corrected chi connectivity index (χ4v) is 3.78. The van der Waals surface area contributed by atoms with E-state index in [1.807, 2.05) is 13.8 Å². The summed E-state index contributed by atoms with van der Waals surface area (Å²) in [6.45, 7) is 1.65. The number of ketones is 1. The highest BCUT2D eigenvalue weighted by Gasteiger charge is 2.36. The van der Waals surface area contributed by atoms with Crippen LogP contribution in [-0.2, 0) is 19.6 Å². The number of nitrogens with zero attached hydrogens (tertiary/aromatic N) is 2. The number of aromatic nitrogens is 1. The van der Waals surface area contributed by atoms with Gasteiger partial charge >= 0.3 is 15.0 Å². The lowest BCUT2D eigenvalue weighted by molar-refractivity contribution is -0.646. The third-order valence-corrected chi connectivity index (χ3v) is 5.52. The number of amides is 1. The number of sulfonamides is 1. The van der Waals surface area contributed by atoms with E-state index in [0.717, 1.165) is 12.3 Å². The van der Waals surface area contributed by atoms with E-state index in [9.17, 15) is 23.2 Å². The number of hydrogen-bond acceptors (Lipinski definition) is 5. The quantitative estimate of drug-likeness (QED) is 0.564. The minimum atomic E-state index is -4.43. The summed E-state index contributed by atoms with van der Waals surface area (Å²) in [6, 6.07) is 1.70. The molecule has 1 amide bonds. The van der Waals surface area contributed by atoms with Crippen molar-refractivity contribution in [2.75, 3.05) is 13.1 Å². The average molecular weight is 384 g/mol. The number of carbonyl (C=O) groups is 2. The smallest absolute Gasteiger partial charge is 0.323 e. The van der Waals surface area contributed by atoms with E-state index < -0.39 is 39.3 Å². The molecule has 143 valence electrons. The first-order chi connectivity index (χ1) is 13.0. The minimum absolute atomic E-state index is 0.0694. The lowest BCUT2D eigenvalue weighted by atomic mass is 10.1. The number of nitrogens with one attached hydrogen (secondary N) is 1. The normalized spacial score (nSPS) is 26.1. The molecule has 2 rings (SSSR count). The lowest BCUT2D eigenvalue weighted by Crippen LogP contribution is -2.46. The van der Waals surface area contributed by atoms with Gasteiger partial charge in [-0.2, -0.15) is 9.04 Å². The maximum Gasteiger partial charge on any atom is 0.323 e. The summed E-state index contributed by atoms with van der Waals surface area (Å²) in [4.78, 5) is 24.8. The maximum atomic E-state index is 12.8. The molecule has 0 saturated carbocycles. The molecule has 0 bridgehead atoms. The largest absolute Gasteiger partial charge is 0.618 e. The second-order valence-electron chi connectivity index (χ2n) is 6.38. The van der Waals surface area contributed by atoms with E-state index in [4.69, 9.17) is 2.74 Å². The highest BCUT2D eigenvalue weighted by Crippen LogP contribution is 2.17. The van der Waals surface area contributed by atoms with Gasteiger partial charge < -0.3 is 10.5 Å². The van der Waals surface area contributed by atoms with Crippen molar-refractivity contribution in [2.24, 2.45) is 5.92 Å². The van der Waals surface area contributed by atoms with E-state index in [1.54, 1.807) is 0 Å². The number of pyridine rings is 1. The van der Waals surface area contributed by atoms with Gasteiger partial charge in [0.25, 0.3) is 0 Å². The molecule has 0 aromatic carbocycles. The van der Waals surface area contributed by atoms with Crippen LogP contribution in [0, 0.1) is 17.5 Å². The van der Waals surface area contributed by atoms with Gasteiger partial charge in [-0.1, -0.05) is 13.8 Å². The van der Waals surface area contributed by atoms with Crippen LogP contribution in [0.4, 0.5) is 0 Å². The third kappa shape index (κ3) is 5.01. The van der Waals surface area contributed by atoms with E-state index in [0.29, 0.717) is 10.7 Å². The minimum Gasteiger partial charge on any atom is -0.618 e. The monoisotopic (exact) mass is 384 g/mol. The molecule has 1 N–H and O–H groups in total. The van der Waals surface area contributed by atoms with Gasteiger partial charge in [-0.25, -0.2) is 8.42 Å². The first-order valence-corrected chi connectivity index (χ1v) is 9.75. The summed E-state index contributed by atoms with van der Waals surface area (Å²) >= 11 is 0. The zero-order valence-electron chi connectivity index (χ0n) is 16.7. The van der Waals surface area contributed by atoms with E-state index in [-0.39, 0.29) is 30.0 Å². The van der Waals surface area contributed by atoms with Crippen LogP contribution < -0.4 is 10.0 Å². The molecule has 0 aliphatic carbocycles. The van der Waals surface area contributed by atoms with Crippen LogP contribution in [0.5, 0.6) is 0 Å². The second kappa shape index (κ2) is 8.59. The van der Waals surface area contributed by atoms with Crippen LogP contribution >= 0.6 is 0 Å². The number of hydrogen-bond donors (Lipinski definition) is 1. The van der Waals surface area contributed by atoms with Gasteiger partial charge in [-0.05, 0) is 31.2 Å². The summed E-state index contributed by atoms with van der Waals surface area (Å²) in [7, 11) is -4.43. The third-order valence-electron chi connectivity index (χ3n) is 3.77. The fraction of sp³-hybridized carbons (Fsp3) is 0.529. The molecule has 26 heavy (non-hydrogen) atoms. The standard InChI is InChI=1S/C17H24N3O5S/c1-13(2)8-9-16(22)18-14-6-5-10-19(12-15(14)21)26(24,25)17-7-3-4-11-20(17)23/h3-4,7,9,11,13-14H,5-6,8,10,12H2,1-2H3,(H,18,22)/t14-/m0/s1/i12D,14D/t12?,14-. The van der Waals surface area contributed by atoms with Crippen LogP contribution in [0.2, 0.25) is 0 Å². The molecule has 8 nitrogen and oxygen atoms in total. The van der Waals surface area contributed by atoms with E-state index in [1.165, 1.54) is 18.6 Å². The lowest BCUT2D eigenvalue weighted by Gasteiger charge is -2.19. The van der Waals surface area contributed by atoms with Gasteiger partial charge in [0.1, 0.15) is 0 Å². The number of Topliss-reactive ketones (excluding diaryl/α,β-unsaturated/α-hetero) is 1. The summed E-state index contributed by atoms with van der Waals surface area (Å²) in [5.74, 6) is -1.46.